The molecule has 2 aromatic rings. The lowest BCUT2D eigenvalue weighted by Gasteiger charge is -2.34. The van der Waals surface area contributed by atoms with Gasteiger partial charge >= 0.3 is 18.1 Å². The van der Waals surface area contributed by atoms with Crippen molar-refractivity contribution in [3.05, 3.63) is 64.7 Å². The first-order chi connectivity index (χ1) is 18.3. The van der Waals surface area contributed by atoms with Gasteiger partial charge in [0, 0.05) is 48.5 Å². The second-order valence-electron chi connectivity index (χ2n) is 9.32. The Labute approximate surface area is 227 Å². The second-order valence-corrected chi connectivity index (χ2v) is 9.76. The molecule has 2 saturated heterocycles. The van der Waals surface area contributed by atoms with Crippen molar-refractivity contribution >= 4 is 35.1 Å². The molecule has 39 heavy (non-hydrogen) atoms. The SMILES string of the molecule is O=C(O)C(F)(F)F.O=C(O)Cc1ccccc1N1C[C@H](NC2CCN(C(=O)c3ccc(Cl)cc3)CC2)[C@@H](O)C1. The van der Waals surface area contributed by atoms with Gasteiger partial charge in [0.2, 0.25) is 0 Å². The summed E-state index contributed by atoms with van der Waals surface area (Å²) in [5, 5.41) is 31.1. The Kier molecular flexibility index (Phi) is 10.2. The zero-order valence-electron chi connectivity index (χ0n) is 20.8. The Morgan fingerprint density at radius 2 is 1.56 bits per heavy atom. The van der Waals surface area contributed by atoms with E-state index >= 15 is 0 Å². The van der Waals surface area contributed by atoms with Crippen LogP contribution < -0.4 is 10.2 Å². The Morgan fingerprint density at radius 3 is 2.13 bits per heavy atom. The van der Waals surface area contributed by atoms with Crippen molar-refractivity contribution in [3.8, 4) is 0 Å². The summed E-state index contributed by atoms with van der Waals surface area (Å²) in [7, 11) is 0. The maximum Gasteiger partial charge on any atom is 0.490 e. The van der Waals surface area contributed by atoms with Gasteiger partial charge in [0.05, 0.1) is 18.6 Å². The number of alkyl halides is 3. The maximum absolute atomic E-state index is 12.7. The first-order valence-corrected chi connectivity index (χ1v) is 12.6. The number of amides is 1. The molecule has 1 amide bonds. The number of hydrogen-bond donors (Lipinski definition) is 4. The number of β-amino-alcohol motifs (C(OH)–C–C–N with tert-alkyl or cyclic N) is 1. The van der Waals surface area contributed by atoms with Gasteiger partial charge in [0.15, 0.2) is 0 Å². The number of hydrogen-bond acceptors (Lipinski definition) is 6. The van der Waals surface area contributed by atoms with E-state index in [9.17, 15) is 33.0 Å². The fourth-order valence-corrected chi connectivity index (χ4v) is 4.73. The number of nitrogens with zero attached hydrogens (tertiary/aromatic N) is 2. The molecule has 4 rings (SSSR count). The number of nitrogens with one attached hydrogen (secondary N) is 1. The van der Waals surface area contributed by atoms with Crippen LogP contribution in [0, 0.1) is 0 Å². The van der Waals surface area contributed by atoms with E-state index in [1.165, 1.54) is 0 Å². The number of benzene rings is 2. The first-order valence-electron chi connectivity index (χ1n) is 12.2. The fourth-order valence-electron chi connectivity index (χ4n) is 4.61. The molecule has 2 aliphatic heterocycles. The van der Waals surface area contributed by atoms with Crippen LogP contribution in [0.3, 0.4) is 0 Å². The molecule has 2 heterocycles. The molecular weight excluding hydrogens is 543 g/mol. The normalized spacial score (nSPS) is 19.8. The number of para-hydroxylation sites is 1. The summed E-state index contributed by atoms with van der Waals surface area (Å²) < 4.78 is 31.7. The molecule has 0 aliphatic carbocycles. The van der Waals surface area contributed by atoms with E-state index in [1.807, 2.05) is 29.2 Å². The quantitative estimate of drug-likeness (QED) is 0.416. The Morgan fingerprint density at radius 1 is 0.974 bits per heavy atom. The molecule has 2 aromatic carbocycles. The van der Waals surface area contributed by atoms with Crippen molar-refractivity contribution in [3.63, 3.8) is 0 Å². The fraction of sp³-hybridized carbons (Fsp3) is 0.423. The molecule has 212 valence electrons. The summed E-state index contributed by atoms with van der Waals surface area (Å²) in [4.78, 5) is 36.7. The van der Waals surface area contributed by atoms with Gasteiger partial charge in [-0.15, -0.1) is 0 Å². The molecule has 0 aromatic heterocycles. The van der Waals surface area contributed by atoms with Crippen LogP contribution in [0.4, 0.5) is 18.9 Å². The van der Waals surface area contributed by atoms with Gasteiger partial charge in [0.1, 0.15) is 0 Å². The van der Waals surface area contributed by atoms with E-state index in [0.29, 0.717) is 36.8 Å². The Balaban J connectivity index is 0.000000532. The lowest BCUT2D eigenvalue weighted by atomic mass is 10.0. The number of carboxylic acids is 2. The lowest BCUT2D eigenvalue weighted by molar-refractivity contribution is -0.192. The van der Waals surface area contributed by atoms with Crippen molar-refractivity contribution < 1.29 is 42.9 Å². The van der Waals surface area contributed by atoms with Gasteiger partial charge < -0.3 is 30.4 Å². The zero-order chi connectivity index (χ0) is 28.7. The summed E-state index contributed by atoms with van der Waals surface area (Å²) in [6.45, 7) is 2.39. The third-order valence-electron chi connectivity index (χ3n) is 6.53. The van der Waals surface area contributed by atoms with Crippen LogP contribution in [0.25, 0.3) is 0 Å². The Hall–Kier alpha value is -3.35. The van der Waals surface area contributed by atoms with Crippen molar-refractivity contribution in [2.75, 3.05) is 31.1 Å². The van der Waals surface area contributed by atoms with Crippen molar-refractivity contribution in [1.29, 1.82) is 0 Å². The number of halogens is 4. The van der Waals surface area contributed by atoms with Crippen LogP contribution in [0.2, 0.25) is 5.02 Å². The third-order valence-corrected chi connectivity index (χ3v) is 6.78. The topological polar surface area (TPSA) is 130 Å². The lowest BCUT2D eigenvalue weighted by Crippen LogP contribution is -2.50. The average Bonchev–Trinajstić information content (AvgIpc) is 3.24. The van der Waals surface area contributed by atoms with Gasteiger partial charge in [-0.2, -0.15) is 13.2 Å². The second kappa shape index (κ2) is 13.1. The van der Waals surface area contributed by atoms with Gasteiger partial charge in [0.25, 0.3) is 5.91 Å². The standard InChI is InChI=1S/C24H28ClN3O4.C2HF3O2/c25-18-7-5-16(6-8-18)24(32)27-11-9-19(10-12-27)26-20-14-28(15-22(20)29)21-4-2-1-3-17(21)13-23(30)31;3-2(4,5)1(6)7/h1-8,19-20,22,26,29H,9-15H2,(H,30,31);(H,6,7)/t20-,22-;/m0./s1. The number of rotatable bonds is 6. The number of carbonyl (C=O) groups excluding carboxylic acids is 1. The molecule has 2 atom stereocenters. The maximum atomic E-state index is 12.7. The van der Waals surface area contributed by atoms with Gasteiger partial charge in [-0.25, -0.2) is 4.79 Å². The zero-order valence-corrected chi connectivity index (χ0v) is 21.5. The van der Waals surface area contributed by atoms with Crippen LogP contribution in [0.1, 0.15) is 28.8 Å². The molecule has 2 fully saturated rings. The van der Waals surface area contributed by atoms with Crippen LogP contribution in [-0.2, 0) is 16.0 Å². The predicted molar refractivity (Wildman–Crippen MR) is 137 cm³/mol. The average molecular weight is 572 g/mol. The number of piperidine rings is 1. The van der Waals surface area contributed by atoms with Gasteiger partial charge in [-0.1, -0.05) is 29.8 Å². The van der Waals surface area contributed by atoms with E-state index in [0.717, 1.165) is 24.1 Å². The Bertz CT molecular complexity index is 1160. The van der Waals surface area contributed by atoms with Crippen molar-refractivity contribution in [1.82, 2.24) is 10.2 Å². The first kappa shape index (κ1) is 30.2. The largest absolute Gasteiger partial charge is 0.490 e. The van der Waals surface area contributed by atoms with E-state index in [-0.39, 0.29) is 24.4 Å². The monoisotopic (exact) mass is 571 g/mol. The highest BCUT2D eigenvalue weighted by Gasteiger charge is 2.38. The van der Waals surface area contributed by atoms with Gasteiger partial charge in [-0.05, 0) is 48.7 Å². The highest BCUT2D eigenvalue weighted by atomic mass is 35.5. The van der Waals surface area contributed by atoms with E-state index < -0.39 is 24.2 Å². The summed E-state index contributed by atoms with van der Waals surface area (Å²) >= 11 is 5.91. The summed E-state index contributed by atoms with van der Waals surface area (Å²) in [5.74, 6) is -3.61. The summed E-state index contributed by atoms with van der Waals surface area (Å²) in [5.41, 5.74) is 2.26. The van der Waals surface area contributed by atoms with Crippen molar-refractivity contribution in [2.24, 2.45) is 0 Å². The molecule has 0 saturated carbocycles. The molecule has 0 spiro atoms. The minimum Gasteiger partial charge on any atom is -0.481 e. The summed E-state index contributed by atoms with van der Waals surface area (Å²) in [6.07, 6.45) is -4.03. The predicted octanol–water partition coefficient (Wildman–Crippen LogP) is 3.04. The van der Waals surface area contributed by atoms with Crippen LogP contribution in [0.15, 0.2) is 48.5 Å². The number of carbonyl (C=O) groups is 3. The molecule has 9 nitrogen and oxygen atoms in total. The number of aliphatic hydroxyl groups is 1. The highest BCUT2D eigenvalue weighted by molar-refractivity contribution is 6.30. The molecule has 13 heteroatoms. The molecule has 2 aliphatic rings. The highest BCUT2D eigenvalue weighted by Crippen LogP contribution is 2.26. The van der Waals surface area contributed by atoms with Gasteiger partial charge in [-0.3, -0.25) is 9.59 Å². The van der Waals surface area contributed by atoms with Crippen LogP contribution in [0.5, 0.6) is 0 Å². The molecule has 4 N–H and O–H groups in total. The molecule has 0 radical (unpaired) electrons. The number of aliphatic carboxylic acids is 2. The van der Waals surface area contributed by atoms with Crippen LogP contribution in [-0.4, -0.2) is 88.6 Å². The minimum atomic E-state index is -5.08. The minimum absolute atomic E-state index is 0.0160. The molecular formula is C26H29ClF3N3O6. The van der Waals surface area contributed by atoms with E-state index in [4.69, 9.17) is 21.5 Å². The van der Waals surface area contributed by atoms with E-state index in [1.54, 1.807) is 24.3 Å². The number of anilines is 1. The number of carboxylic acid groups (broad SMARTS) is 2. The smallest absolute Gasteiger partial charge is 0.481 e. The van der Waals surface area contributed by atoms with Crippen LogP contribution >= 0.6 is 11.6 Å². The molecule has 0 unspecified atom stereocenters. The third kappa shape index (κ3) is 8.57. The number of aliphatic hydroxyl groups excluding tert-OH is 1. The summed E-state index contributed by atoms with van der Waals surface area (Å²) in [6, 6.07) is 14.5. The molecule has 0 bridgehead atoms. The number of likely N-dealkylation sites (tertiary alicyclic amines) is 1. The van der Waals surface area contributed by atoms with E-state index in [2.05, 4.69) is 10.2 Å². The van der Waals surface area contributed by atoms with Crippen molar-refractivity contribution in [2.45, 2.75) is 43.6 Å².